The summed E-state index contributed by atoms with van der Waals surface area (Å²) in [6.45, 7) is 2.19. The van der Waals surface area contributed by atoms with Crippen LogP contribution in [0.2, 0.25) is 0 Å². The highest BCUT2D eigenvalue weighted by Crippen LogP contribution is 2.37. The number of anilines is 3. The minimum Gasteiger partial charge on any atom is -0.337 e. The van der Waals surface area contributed by atoms with Gasteiger partial charge in [-0.25, -0.2) is 4.98 Å². The van der Waals surface area contributed by atoms with E-state index in [1.165, 1.54) is 11.3 Å². The first kappa shape index (κ1) is 16.8. The lowest BCUT2D eigenvalue weighted by molar-refractivity contribution is 0.102. The zero-order chi connectivity index (χ0) is 18.8. The van der Waals surface area contributed by atoms with Crippen molar-refractivity contribution in [3.63, 3.8) is 0 Å². The highest BCUT2D eigenvalue weighted by Gasteiger charge is 2.27. The van der Waals surface area contributed by atoms with Gasteiger partial charge in [0.05, 0.1) is 23.5 Å². The third kappa shape index (κ3) is 3.25. The normalized spacial score (nSPS) is 15.1. The van der Waals surface area contributed by atoms with Crippen LogP contribution in [0.4, 0.5) is 17.1 Å². The molecular formula is C22H18N4O. The van der Waals surface area contributed by atoms with E-state index in [9.17, 15) is 4.79 Å². The molecular weight excluding hydrogens is 336 g/mol. The fourth-order valence-corrected chi connectivity index (χ4v) is 3.45. The third-order valence-corrected chi connectivity index (χ3v) is 4.74. The minimum absolute atomic E-state index is 0.277. The quantitative estimate of drug-likeness (QED) is 0.762. The number of nitrogens with one attached hydrogen (secondary N) is 1. The van der Waals surface area contributed by atoms with Crippen molar-refractivity contribution in [2.45, 2.75) is 19.4 Å². The van der Waals surface area contributed by atoms with E-state index in [1.54, 1.807) is 36.5 Å². The molecule has 0 spiro atoms. The van der Waals surface area contributed by atoms with Crippen molar-refractivity contribution in [2.24, 2.45) is 0 Å². The van der Waals surface area contributed by atoms with E-state index in [0.29, 0.717) is 23.0 Å². The van der Waals surface area contributed by atoms with E-state index in [1.807, 2.05) is 12.1 Å². The average molecular weight is 354 g/mol. The monoisotopic (exact) mass is 354 g/mol. The summed E-state index contributed by atoms with van der Waals surface area (Å²) >= 11 is 0. The molecule has 0 saturated heterocycles. The van der Waals surface area contributed by atoms with Crippen LogP contribution in [0.1, 0.15) is 28.5 Å². The zero-order valence-corrected chi connectivity index (χ0v) is 14.9. The van der Waals surface area contributed by atoms with Crippen molar-refractivity contribution in [3.8, 4) is 6.07 Å². The van der Waals surface area contributed by atoms with E-state index in [4.69, 9.17) is 5.26 Å². The van der Waals surface area contributed by atoms with E-state index < -0.39 is 0 Å². The number of hydrogen-bond donors (Lipinski definition) is 1. The molecule has 1 aliphatic rings. The topological polar surface area (TPSA) is 69.0 Å². The van der Waals surface area contributed by atoms with Crippen LogP contribution >= 0.6 is 0 Å². The second kappa shape index (κ2) is 6.93. The standard InChI is InChI=1S/C22H18N4O/c1-15-12-17-4-2-3-5-21(17)26(15)19-10-11-20(24-14-19)22(27)25-18-8-6-16(13-23)7-9-18/h2-11,14-15H,12H2,1H3,(H,25,27). The Hall–Kier alpha value is -3.65. The molecule has 0 radical (unpaired) electrons. The van der Waals surface area contributed by atoms with Crippen LogP contribution in [0, 0.1) is 11.3 Å². The number of para-hydroxylation sites is 1. The van der Waals surface area contributed by atoms with Crippen LogP contribution in [0.5, 0.6) is 0 Å². The molecule has 132 valence electrons. The van der Waals surface area contributed by atoms with Crippen molar-refractivity contribution in [1.29, 1.82) is 5.26 Å². The number of hydrogen-bond acceptors (Lipinski definition) is 4. The summed E-state index contributed by atoms with van der Waals surface area (Å²) in [5.41, 5.74) is 5.03. The molecule has 1 aromatic heterocycles. The van der Waals surface area contributed by atoms with Gasteiger partial charge < -0.3 is 10.2 Å². The van der Waals surface area contributed by atoms with E-state index >= 15 is 0 Å². The molecule has 0 bridgehead atoms. The number of fused-ring (bicyclic) bond motifs is 1. The van der Waals surface area contributed by atoms with Gasteiger partial charge in [-0.15, -0.1) is 0 Å². The third-order valence-electron chi connectivity index (χ3n) is 4.74. The molecule has 2 heterocycles. The Bertz CT molecular complexity index is 1020. The Morgan fingerprint density at radius 2 is 1.93 bits per heavy atom. The van der Waals surface area contributed by atoms with Gasteiger partial charge in [-0.3, -0.25) is 4.79 Å². The molecule has 27 heavy (non-hydrogen) atoms. The molecule has 5 nitrogen and oxygen atoms in total. The van der Waals surface area contributed by atoms with Gasteiger partial charge >= 0.3 is 0 Å². The van der Waals surface area contributed by atoms with Gasteiger partial charge in [-0.2, -0.15) is 5.26 Å². The van der Waals surface area contributed by atoms with Crippen molar-refractivity contribution < 1.29 is 4.79 Å². The first-order chi connectivity index (χ1) is 13.2. The Morgan fingerprint density at radius 3 is 2.63 bits per heavy atom. The summed E-state index contributed by atoms with van der Waals surface area (Å²) in [5.74, 6) is -0.277. The van der Waals surface area contributed by atoms with Gasteiger partial charge in [0.2, 0.25) is 0 Å². The van der Waals surface area contributed by atoms with Gasteiger partial charge in [0, 0.05) is 17.4 Å². The Kier molecular flexibility index (Phi) is 4.31. The number of pyridine rings is 1. The summed E-state index contributed by atoms with van der Waals surface area (Å²) in [7, 11) is 0. The smallest absolute Gasteiger partial charge is 0.274 e. The number of benzene rings is 2. The van der Waals surface area contributed by atoms with Crippen molar-refractivity contribution in [3.05, 3.63) is 83.7 Å². The maximum atomic E-state index is 12.4. The number of aromatic nitrogens is 1. The Balaban J connectivity index is 1.52. The van der Waals surface area contributed by atoms with Gasteiger partial charge in [0.1, 0.15) is 5.69 Å². The lowest BCUT2D eigenvalue weighted by atomic mass is 10.1. The fourth-order valence-electron chi connectivity index (χ4n) is 3.45. The van der Waals surface area contributed by atoms with E-state index in [-0.39, 0.29) is 5.91 Å². The van der Waals surface area contributed by atoms with Gasteiger partial charge in [-0.1, -0.05) is 18.2 Å². The maximum Gasteiger partial charge on any atom is 0.274 e. The molecule has 0 saturated carbocycles. The van der Waals surface area contributed by atoms with Crippen LogP contribution in [0.25, 0.3) is 0 Å². The molecule has 1 N–H and O–H groups in total. The summed E-state index contributed by atoms with van der Waals surface area (Å²) in [4.78, 5) is 19.0. The largest absolute Gasteiger partial charge is 0.337 e. The molecule has 5 heteroatoms. The predicted octanol–water partition coefficient (Wildman–Crippen LogP) is 4.29. The molecule has 0 fully saturated rings. The van der Waals surface area contributed by atoms with Crippen molar-refractivity contribution in [2.75, 3.05) is 10.2 Å². The number of amides is 1. The second-order valence-electron chi connectivity index (χ2n) is 6.60. The average Bonchev–Trinajstić information content (AvgIpc) is 3.04. The van der Waals surface area contributed by atoms with Crippen LogP contribution in [-0.4, -0.2) is 16.9 Å². The Labute approximate surface area is 157 Å². The fraction of sp³-hybridized carbons (Fsp3) is 0.136. The molecule has 2 aromatic carbocycles. The highest BCUT2D eigenvalue weighted by molar-refractivity contribution is 6.03. The van der Waals surface area contributed by atoms with E-state index in [2.05, 4.69) is 46.4 Å². The second-order valence-corrected chi connectivity index (χ2v) is 6.60. The number of nitriles is 1. The van der Waals surface area contributed by atoms with Crippen LogP contribution in [0.3, 0.4) is 0 Å². The molecule has 1 unspecified atom stereocenters. The number of carbonyl (C=O) groups excluding carboxylic acids is 1. The summed E-state index contributed by atoms with van der Waals surface area (Å²) in [6, 6.07) is 21.2. The molecule has 0 aliphatic carbocycles. The number of nitrogens with zero attached hydrogens (tertiary/aromatic N) is 3. The van der Waals surface area contributed by atoms with Crippen LogP contribution in [0.15, 0.2) is 66.9 Å². The minimum atomic E-state index is -0.277. The highest BCUT2D eigenvalue weighted by atomic mass is 16.1. The van der Waals surface area contributed by atoms with Crippen LogP contribution < -0.4 is 10.2 Å². The first-order valence-electron chi connectivity index (χ1n) is 8.80. The Morgan fingerprint density at radius 1 is 1.15 bits per heavy atom. The van der Waals surface area contributed by atoms with Gasteiger partial charge in [0.25, 0.3) is 5.91 Å². The maximum absolute atomic E-state index is 12.4. The summed E-state index contributed by atoms with van der Waals surface area (Å²) < 4.78 is 0. The number of carbonyl (C=O) groups is 1. The summed E-state index contributed by atoms with van der Waals surface area (Å²) in [6.07, 6.45) is 2.74. The molecule has 1 amide bonds. The molecule has 1 aliphatic heterocycles. The lowest BCUT2D eigenvalue weighted by Gasteiger charge is -2.24. The van der Waals surface area contributed by atoms with Crippen LogP contribution in [-0.2, 0) is 6.42 Å². The molecule has 1 atom stereocenters. The van der Waals surface area contributed by atoms with E-state index in [0.717, 1.165) is 12.1 Å². The van der Waals surface area contributed by atoms with Gasteiger partial charge in [-0.05, 0) is 61.4 Å². The first-order valence-corrected chi connectivity index (χ1v) is 8.80. The predicted molar refractivity (Wildman–Crippen MR) is 105 cm³/mol. The molecule has 3 aromatic rings. The zero-order valence-electron chi connectivity index (χ0n) is 14.9. The molecule has 4 rings (SSSR count). The number of rotatable bonds is 3. The lowest BCUT2D eigenvalue weighted by Crippen LogP contribution is -2.24. The van der Waals surface area contributed by atoms with Crippen molar-refractivity contribution >= 4 is 23.0 Å². The van der Waals surface area contributed by atoms with Gasteiger partial charge in [0.15, 0.2) is 0 Å². The summed E-state index contributed by atoms with van der Waals surface area (Å²) in [5, 5.41) is 11.6. The SMILES string of the molecule is CC1Cc2ccccc2N1c1ccc(C(=O)Nc2ccc(C#N)cc2)nc1. The van der Waals surface area contributed by atoms with Crippen molar-refractivity contribution in [1.82, 2.24) is 4.98 Å².